The van der Waals surface area contributed by atoms with Gasteiger partial charge in [-0.3, -0.25) is 0 Å². The Morgan fingerprint density at radius 1 is 1.39 bits per heavy atom. The van der Waals surface area contributed by atoms with Crippen LogP contribution in [0.4, 0.5) is 0 Å². The van der Waals surface area contributed by atoms with Crippen molar-refractivity contribution in [3.8, 4) is 5.75 Å². The van der Waals surface area contributed by atoms with Crippen molar-refractivity contribution in [1.29, 1.82) is 0 Å². The molecule has 18 heavy (non-hydrogen) atoms. The van der Waals surface area contributed by atoms with E-state index in [1.54, 1.807) is 0 Å². The summed E-state index contributed by atoms with van der Waals surface area (Å²) in [6.07, 6.45) is 0.507. The molecule has 0 bridgehead atoms. The lowest BCUT2D eigenvalue weighted by atomic mass is 10.0. The van der Waals surface area contributed by atoms with Crippen LogP contribution in [0.2, 0.25) is 0 Å². The SMILES string of the molecule is CCC(C)(C)NCC(O)COc1ccccc1Br. The number of aliphatic hydroxyl groups excluding tert-OH is 1. The molecule has 0 saturated carbocycles. The van der Waals surface area contributed by atoms with Gasteiger partial charge in [-0.2, -0.15) is 0 Å². The van der Waals surface area contributed by atoms with Crippen LogP contribution >= 0.6 is 15.9 Å². The Labute approximate surface area is 118 Å². The van der Waals surface area contributed by atoms with E-state index in [1.165, 1.54) is 0 Å². The van der Waals surface area contributed by atoms with Crippen LogP contribution in [-0.4, -0.2) is 29.9 Å². The largest absolute Gasteiger partial charge is 0.490 e. The molecule has 3 nitrogen and oxygen atoms in total. The maximum absolute atomic E-state index is 9.86. The van der Waals surface area contributed by atoms with Crippen LogP contribution in [0.15, 0.2) is 28.7 Å². The summed E-state index contributed by atoms with van der Waals surface area (Å²) < 4.78 is 6.46. The maximum Gasteiger partial charge on any atom is 0.133 e. The fraction of sp³-hybridized carbons (Fsp3) is 0.571. The summed E-state index contributed by atoms with van der Waals surface area (Å²) in [7, 11) is 0. The van der Waals surface area contributed by atoms with Gasteiger partial charge in [-0.15, -0.1) is 0 Å². The van der Waals surface area contributed by atoms with Crippen molar-refractivity contribution in [3.05, 3.63) is 28.7 Å². The molecule has 0 aliphatic rings. The minimum atomic E-state index is -0.511. The molecule has 0 heterocycles. The molecule has 2 N–H and O–H groups in total. The van der Waals surface area contributed by atoms with Gasteiger partial charge in [-0.05, 0) is 48.3 Å². The number of aliphatic hydroxyl groups is 1. The molecule has 0 spiro atoms. The smallest absolute Gasteiger partial charge is 0.133 e. The molecular weight excluding hydrogens is 294 g/mol. The molecule has 102 valence electrons. The maximum atomic E-state index is 9.86. The summed E-state index contributed by atoms with van der Waals surface area (Å²) in [6, 6.07) is 7.63. The number of halogens is 1. The molecular formula is C14H22BrNO2. The van der Waals surface area contributed by atoms with Gasteiger partial charge in [0.1, 0.15) is 18.5 Å². The van der Waals surface area contributed by atoms with Crippen LogP contribution in [0, 0.1) is 0 Å². The van der Waals surface area contributed by atoms with Crippen LogP contribution in [0.5, 0.6) is 5.75 Å². The predicted octanol–water partition coefficient (Wildman–Crippen LogP) is 2.97. The second-order valence-electron chi connectivity index (χ2n) is 5.01. The van der Waals surface area contributed by atoms with E-state index in [-0.39, 0.29) is 12.1 Å². The van der Waals surface area contributed by atoms with E-state index in [0.717, 1.165) is 16.6 Å². The second-order valence-corrected chi connectivity index (χ2v) is 5.87. The minimum absolute atomic E-state index is 0.0499. The fourth-order valence-electron chi connectivity index (χ4n) is 1.33. The van der Waals surface area contributed by atoms with Crippen molar-refractivity contribution in [2.45, 2.75) is 38.8 Å². The Balaban J connectivity index is 2.34. The Bertz CT molecular complexity index is 369. The third-order valence-corrected chi connectivity index (χ3v) is 3.62. The van der Waals surface area contributed by atoms with Crippen molar-refractivity contribution in [2.75, 3.05) is 13.2 Å². The molecule has 0 amide bonds. The summed E-state index contributed by atoms with van der Waals surface area (Å²) in [5, 5.41) is 13.2. The summed E-state index contributed by atoms with van der Waals surface area (Å²) in [6.45, 7) is 7.18. The molecule has 1 unspecified atom stereocenters. The number of ether oxygens (including phenoxy) is 1. The van der Waals surface area contributed by atoms with E-state index in [0.29, 0.717) is 6.54 Å². The number of hydrogen-bond acceptors (Lipinski definition) is 3. The van der Waals surface area contributed by atoms with Crippen LogP contribution in [-0.2, 0) is 0 Å². The Morgan fingerprint density at radius 2 is 2.06 bits per heavy atom. The predicted molar refractivity (Wildman–Crippen MR) is 78.0 cm³/mol. The lowest BCUT2D eigenvalue weighted by Gasteiger charge is -2.26. The minimum Gasteiger partial charge on any atom is -0.490 e. The third-order valence-electron chi connectivity index (χ3n) is 2.97. The third kappa shape index (κ3) is 5.38. The molecule has 1 aromatic carbocycles. The number of benzene rings is 1. The van der Waals surface area contributed by atoms with E-state index in [1.807, 2.05) is 24.3 Å². The van der Waals surface area contributed by atoms with Gasteiger partial charge >= 0.3 is 0 Å². The fourth-order valence-corrected chi connectivity index (χ4v) is 1.73. The standard InChI is InChI=1S/C14H22BrNO2/c1-4-14(2,3)16-9-11(17)10-18-13-8-6-5-7-12(13)15/h5-8,11,16-17H,4,9-10H2,1-3H3. The van der Waals surface area contributed by atoms with E-state index in [4.69, 9.17) is 4.74 Å². The lowest BCUT2D eigenvalue weighted by molar-refractivity contribution is 0.0982. The molecule has 0 aliphatic carbocycles. The average molecular weight is 316 g/mol. The summed E-state index contributed by atoms with van der Waals surface area (Å²) in [5.74, 6) is 0.756. The van der Waals surface area contributed by atoms with Gasteiger partial charge < -0.3 is 15.2 Å². The van der Waals surface area contributed by atoms with Crippen molar-refractivity contribution < 1.29 is 9.84 Å². The zero-order valence-electron chi connectivity index (χ0n) is 11.2. The number of β-amino-alcohol motifs (C(OH)–C–C–N with tert-alkyl or cyclic N) is 1. The van der Waals surface area contributed by atoms with Gasteiger partial charge in [0.05, 0.1) is 4.47 Å². The van der Waals surface area contributed by atoms with Crippen LogP contribution in [0.25, 0.3) is 0 Å². The molecule has 1 aromatic rings. The van der Waals surface area contributed by atoms with Crippen LogP contribution < -0.4 is 10.1 Å². The monoisotopic (exact) mass is 315 g/mol. The van der Waals surface area contributed by atoms with Crippen LogP contribution in [0.3, 0.4) is 0 Å². The highest BCUT2D eigenvalue weighted by Gasteiger charge is 2.16. The van der Waals surface area contributed by atoms with E-state index in [9.17, 15) is 5.11 Å². The van der Waals surface area contributed by atoms with E-state index >= 15 is 0 Å². The normalized spacial score (nSPS) is 13.4. The molecule has 0 aromatic heterocycles. The highest BCUT2D eigenvalue weighted by Crippen LogP contribution is 2.23. The Hall–Kier alpha value is -0.580. The molecule has 1 atom stereocenters. The van der Waals surface area contributed by atoms with Gasteiger partial charge in [0, 0.05) is 12.1 Å². The van der Waals surface area contributed by atoms with Crippen molar-refractivity contribution in [2.24, 2.45) is 0 Å². The summed E-state index contributed by atoms with van der Waals surface area (Å²) in [4.78, 5) is 0. The molecule has 1 rings (SSSR count). The quantitative estimate of drug-likeness (QED) is 0.813. The lowest BCUT2D eigenvalue weighted by Crippen LogP contribution is -2.44. The van der Waals surface area contributed by atoms with Gasteiger partial charge in [0.15, 0.2) is 0 Å². The zero-order valence-corrected chi connectivity index (χ0v) is 12.8. The molecule has 0 aliphatic heterocycles. The Morgan fingerprint density at radius 3 is 2.67 bits per heavy atom. The topological polar surface area (TPSA) is 41.5 Å². The summed E-state index contributed by atoms with van der Waals surface area (Å²) >= 11 is 3.41. The number of hydrogen-bond donors (Lipinski definition) is 2. The first-order valence-corrected chi connectivity index (χ1v) is 7.04. The highest BCUT2D eigenvalue weighted by atomic mass is 79.9. The first kappa shape index (κ1) is 15.5. The van der Waals surface area contributed by atoms with E-state index < -0.39 is 6.10 Å². The number of para-hydroxylation sites is 1. The molecule has 4 heteroatoms. The van der Waals surface area contributed by atoms with Crippen molar-refractivity contribution >= 4 is 15.9 Å². The second kappa shape index (κ2) is 7.12. The Kier molecular flexibility index (Phi) is 6.12. The van der Waals surface area contributed by atoms with Crippen molar-refractivity contribution in [1.82, 2.24) is 5.32 Å². The van der Waals surface area contributed by atoms with Gasteiger partial charge in [-0.25, -0.2) is 0 Å². The van der Waals surface area contributed by atoms with E-state index in [2.05, 4.69) is 42.0 Å². The first-order valence-electron chi connectivity index (χ1n) is 6.25. The molecule has 0 fully saturated rings. The average Bonchev–Trinajstić information content (AvgIpc) is 2.35. The van der Waals surface area contributed by atoms with Crippen molar-refractivity contribution in [3.63, 3.8) is 0 Å². The highest BCUT2D eigenvalue weighted by molar-refractivity contribution is 9.10. The number of rotatable bonds is 7. The summed E-state index contributed by atoms with van der Waals surface area (Å²) in [5.41, 5.74) is 0.0499. The zero-order chi connectivity index (χ0) is 13.6. The van der Waals surface area contributed by atoms with Crippen LogP contribution in [0.1, 0.15) is 27.2 Å². The first-order chi connectivity index (χ1) is 8.44. The van der Waals surface area contributed by atoms with Gasteiger partial charge in [0.25, 0.3) is 0 Å². The molecule has 0 saturated heterocycles. The molecule has 0 radical (unpaired) electrons. The van der Waals surface area contributed by atoms with Gasteiger partial charge in [-0.1, -0.05) is 19.1 Å². The number of nitrogens with one attached hydrogen (secondary N) is 1. The van der Waals surface area contributed by atoms with Gasteiger partial charge in [0.2, 0.25) is 0 Å².